The van der Waals surface area contributed by atoms with Gasteiger partial charge in [0.25, 0.3) is 0 Å². The van der Waals surface area contributed by atoms with Gasteiger partial charge >= 0.3 is 11.9 Å². The summed E-state index contributed by atoms with van der Waals surface area (Å²) in [6, 6.07) is 0. The number of hydrogen-bond donors (Lipinski definition) is 0. The van der Waals surface area contributed by atoms with Gasteiger partial charge in [0.05, 0.1) is 45.8 Å². The second kappa shape index (κ2) is 11.8. The third kappa shape index (κ3) is 5.81. The first kappa shape index (κ1) is 29.8. The van der Waals surface area contributed by atoms with E-state index >= 15 is 0 Å². The van der Waals surface area contributed by atoms with Crippen molar-refractivity contribution in [1.82, 2.24) is 0 Å². The summed E-state index contributed by atoms with van der Waals surface area (Å²) in [7, 11) is 0. The summed E-state index contributed by atoms with van der Waals surface area (Å²) in [6.07, 6.45) is 8.00. The second-order valence-electron chi connectivity index (χ2n) is 12.0. The van der Waals surface area contributed by atoms with Gasteiger partial charge in [-0.05, 0) is 65.5 Å². The van der Waals surface area contributed by atoms with Crippen LogP contribution in [-0.4, -0.2) is 36.5 Å². The molecule has 2 aliphatic heterocycles. The third-order valence-corrected chi connectivity index (χ3v) is 7.54. The number of unbranched alkanes of at least 4 members (excludes halogenated alkanes) is 6. The molecule has 8 heteroatoms. The number of nitrogens with zero attached hydrogens (tertiary/aromatic N) is 4. The number of rotatable bonds is 12. The second-order valence-corrected chi connectivity index (χ2v) is 12.0. The Morgan fingerprint density at radius 2 is 0.925 bits per heavy atom. The lowest BCUT2D eigenvalue weighted by Crippen LogP contribution is -2.38. The van der Waals surface area contributed by atoms with Gasteiger partial charge in [0.1, 0.15) is 11.3 Å². The molecule has 0 unspecified atom stereocenters. The Morgan fingerprint density at radius 3 is 1.27 bits per heavy atom. The van der Waals surface area contributed by atoms with Gasteiger partial charge in [-0.15, -0.1) is 0 Å². The fourth-order valence-electron chi connectivity index (χ4n) is 5.61. The largest absolute Gasteiger partial charge is 0.462 e. The molecule has 0 spiro atoms. The first-order valence-corrected chi connectivity index (χ1v) is 14.8. The van der Waals surface area contributed by atoms with E-state index in [2.05, 4.69) is 13.8 Å². The molecule has 0 saturated carbocycles. The molecule has 2 aliphatic rings. The van der Waals surface area contributed by atoms with Gasteiger partial charge < -0.3 is 9.47 Å². The van der Waals surface area contributed by atoms with Gasteiger partial charge in [-0.3, -0.25) is 20.0 Å². The molecule has 2 aromatic carbocycles. The Labute approximate surface area is 236 Å². The minimum Gasteiger partial charge on any atom is -0.462 e. The molecule has 2 heterocycles. The fraction of sp³-hybridized carbons (Fsp3) is 0.625. The first-order chi connectivity index (χ1) is 18.9. The first-order valence-electron chi connectivity index (χ1n) is 14.8. The predicted octanol–water partition coefficient (Wildman–Crippen LogP) is 4.91. The van der Waals surface area contributed by atoms with Crippen LogP contribution in [0.2, 0.25) is 0 Å². The smallest absolute Gasteiger partial charge is 0.339 e. The molecule has 0 radical (unpaired) electrons. The van der Waals surface area contributed by atoms with Gasteiger partial charge in [-0.1, -0.05) is 52.4 Å². The maximum atomic E-state index is 13.8. The molecule has 40 heavy (non-hydrogen) atoms. The Kier molecular flexibility index (Phi) is 8.76. The molecule has 8 nitrogen and oxygen atoms in total. The van der Waals surface area contributed by atoms with Crippen LogP contribution in [0, 0.1) is 13.8 Å². The number of ether oxygens (including phenoxy) is 2. The van der Waals surface area contributed by atoms with Gasteiger partial charge in [0.2, 0.25) is 0 Å². The SMILES string of the molecule is CCCCCCOC(=O)c1c(C)c2c(c3c(C(=O)OCCCCCC)c(C)c4c(c13)=NC(C)(C)N=4)=NC(C)(C)N=2. The monoisotopic (exact) mass is 548 g/mol. The van der Waals surface area contributed by atoms with Crippen LogP contribution in [0.3, 0.4) is 0 Å². The molecule has 0 N–H and O–H groups in total. The van der Waals surface area contributed by atoms with Gasteiger partial charge in [0, 0.05) is 10.8 Å². The molecule has 0 aliphatic carbocycles. The highest BCUT2D eigenvalue weighted by atomic mass is 16.5. The van der Waals surface area contributed by atoms with E-state index in [9.17, 15) is 9.59 Å². The van der Waals surface area contributed by atoms with Crippen LogP contribution in [0.25, 0.3) is 10.8 Å². The van der Waals surface area contributed by atoms with Crippen molar-refractivity contribution in [2.75, 3.05) is 13.2 Å². The zero-order chi connectivity index (χ0) is 29.2. The number of fused-ring (bicyclic) bond motifs is 5. The van der Waals surface area contributed by atoms with Gasteiger partial charge in [0.15, 0.2) is 0 Å². The van der Waals surface area contributed by atoms with Crippen LogP contribution in [-0.2, 0) is 9.47 Å². The maximum absolute atomic E-state index is 13.8. The van der Waals surface area contributed by atoms with Crippen molar-refractivity contribution in [3.63, 3.8) is 0 Å². The van der Waals surface area contributed by atoms with E-state index in [1.807, 2.05) is 41.5 Å². The molecule has 0 saturated heterocycles. The van der Waals surface area contributed by atoms with Crippen LogP contribution < -0.4 is 21.4 Å². The summed E-state index contributed by atoms with van der Waals surface area (Å²) in [4.78, 5) is 47.2. The highest BCUT2D eigenvalue weighted by Gasteiger charge is 2.33. The Balaban J connectivity index is 2.00. The topological polar surface area (TPSA) is 102 Å². The molecular weight excluding hydrogens is 504 g/mol. The van der Waals surface area contributed by atoms with Gasteiger partial charge in [-0.2, -0.15) is 0 Å². The normalized spacial score (nSPS) is 15.9. The summed E-state index contributed by atoms with van der Waals surface area (Å²) in [6.45, 7) is 16.4. The van der Waals surface area contributed by atoms with E-state index in [4.69, 9.17) is 29.4 Å². The average molecular weight is 549 g/mol. The Morgan fingerprint density at radius 1 is 0.575 bits per heavy atom. The molecule has 4 rings (SSSR count). The minimum atomic E-state index is -0.738. The number of carbonyl (C=O) groups is 2. The molecule has 216 valence electrons. The summed E-state index contributed by atoms with van der Waals surface area (Å²) < 4.78 is 11.6. The molecular formula is C32H44N4O4. The highest BCUT2D eigenvalue weighted by Crippen LogP contribution is 2.26. The average Bonchev–Trinajstić information content (AvgIpc) is 3.39. The van der Waals surface area contributed by atoms with Crippen molar-refractivity contribution in [2.45, 2.75) is 118 Å². The van der Waals surface area contributed by atoms with E-state index in [0.717, 1.165) is 51.4 Å². The van der Waals surface area contributed by atoms with Crippen LogP contribution >= 0.6 is 0 Å². The van der Waals surface area contributed by atoms with E-state index in [0.29, 0.717) is 67.7 Å². The lowest BCUT2D eigenvalue weighted by atomic mass is 9.91. The zero-order valence-electron chi connectivity index (χ0n) is 25.5. The Hall–Kier alpha value is -3.16. The standard InChI is InChI=1S/C32H44N4O4/c1-9-11-13-15-17-39-29(37)21-19(3)25-28(36-31(5,6)33-25)24-22(30(38)40-18-16-14-12-10-2)20(4)26-27(23(21)24)35-32(7,8)34-26/h9-18H2,1-8H3. The minimum absolute atomic E-state index is 0.331. The highest BCUT2D eigenvalue weighted by molar-refractivity contribution is 6.12. The molecule has 2 aromatic rings. The van der Waals surface area contributed by atoms with Crippen molar-refractivity contribution in [1.29, 1.82) is 0 Å². The summed E-state index contributed by atoms with van der Waals surface area (Å²) in [5.74, 6) is -0.877. The summed E-state index contributed by atoms with van der Waals surface area (Å²) in [5.41, 5.74) is 0.646. The van der Waals surface area contributed by atoms with Crippen molar-refractivity contribution < 1.29 is 19.1 Å². The molecule has 0 fully saturated rings. The quantitative estimate of drug-likeness (QED) is 0.278. The number of esters is 2. The lowest BCUT2D eigenvalue weighted by molar-refractivity contribution is 0.0487. The van der Waals surface area contributed by atoms with Crippen LogP contribution in [0.15, 0.2) is 20.0 Å². The molecule has 0 bridgehead atoms. The number of hydrogen-bond acceptors (Lipinski definition) is 8. The van der Waals surface area contributed by atoms with E-state index < -0.39 is 23.3 Å². The molecule has 0 aromatic heterocycles. The van der Waals surface area contributed by atoms with Crippen LogP contribution in [0.1, 0.15) is 125 Å². The third-order valence-electron chi connectivity index (χ3n) is 7.54. The lowest BCUT2D eigenvalue weighted by Gasteiger charge is -2.15. The van der Waals surface area contributed by atoms with Crippen molar-refractivity contribution in [3.05, 3.63) is 43.7 Å². The molecule has 0 amide bonds. The van der Waals surface area contributed by atoms with Crippen LogP contribution in [0.5, 0.6) is 0 Å². The van der Waals surface area contributed by atoms with Crippen LogP contribution in [0.4, 0.5) is 0 Å². The zero-order valence-corrected chi connectivity index (χ0v) is 25.5. The maximum Gasteiger partial charge on any atom is 0.339 e. The van der Waals surface area contributed by atoms with E-state index in [-0.39, 0.29) is 0 Å². The number of carbonyl (C=O) groups excluding carboxylic acids is 2. The predicted molar refractivity (Wildman–Crippen MR) is 155 cm³/mol. The summed E-state index contributed by atoms with van der Waals surface area (Å²) >= 11 is 0. The van der Waals surface area contributed by atoms with Crippen molar-refractivity contribution in [3.8, 4) is 0 Å². The fourth-order valence-corrected chi connectivity index (χ4v) is 5.61. The molecule has 0 atom stereocenters. The van der Waals surface area contributed by atoms with Gasteiger partial charge in [-0.25, -0.2) is 9.59 Å². The van der Waals surface area contributed by atoms with Crippen molar-refractivity contribution in [2.24, 2.45) is 20.0 Å². The van der Waals surface area contributed by atoms with Crippen molar-refractivity contribution >= 4 is 22.7 Å². The Bertz CT molecular complexity index is 1470. The summed E-state index contributed by atoms with van der Waals surface area (Å²) in [5, 5.41) is 3.53. The number of benzene rings is 2. The van der Waals surface area contributed by atoms with E-state index in [1.54, 1.807) is 0 Å². The van der Waals surface area contributed by atoms with E-state index in [1.165, 1.54) is 0 Å².